The van der Waals surface area contributed by atoms with E-state index in [4.69, 9.17) is 0 Å². The Morgan fingerprint density at radius 3 is 1.81 bits per heavy atom. The van der Waals surface area contributed by atoms with Gasteiger partial charge < -0.3 is 10.2 Å². The van der Waals surface area contributed by atoms with Crippen molar-refractivity contribution in [1.29, 1.82) is 0 Å². The molecule has 224 valence electrons. The predicted octanol–water partition coefficient (Wildman–Crippen LogP) is 5.58. The Labute approximate surface area is 253 Å². The second kappa shape index (κ2) is 13.6. The smallest absolute Gasteiger partial charge is 0.264 e. The maximum atomic E-state index is 14.3. The first kappa shape index (κ1) is 31.4. The van der Waals surface area contributed by atoms with Gasteiger partial charge in [0.1, 0.15) is 18.4 Å². The van der Waals surface area contributed by atoms with Crippen molar-refractivity contribution in [3.05, 3.63) is 132 Å². The normalized spacial score (nSPS) is 12.3. The summed E-state index contributed by atoms with van der Waals surface area (Å²) in [5.41, 5.74) is 1.32. The Bertz CT molecular complexity index is 1610. The minimum Gasteiger partial charge on any atom is -0.350 e. The molecule has 2 amide bonds. The number of carbonyl (C=O) groups excluding carboxylic acids is 2. The molecule has 1 unspecified atom stereocenters. The Kier molecular flexibility index (Phi) is 9.98. The maximum Gasteiger partial charge on any atom is 0.264 e. The standard InChI is InChI=1S/C34H36FN3O4S/c1-34(2,3)36-33(40)31(23-26-13-7-4-8-14-26)37(24-27-15-9-5-10-16-27)32(39)25-38(29-17-11-6-12-18-29)43(41,42)30-21-19-28(35)20-22-30/h4-22,31H,23-25H2,1-3H3,(H,36,40). The average Bonchev–Trinajstić information content (AvgIpc) is 2.98. The summed E-state index contributed by atoms with van der Waals surface area (Å²) >= 11 is 0. The molecule has 4 aromatic rings. The lowest BCUT2D eigenvalue weighted by Gasteiger charge is -2.35. The summed E-state index contributed by atoms with van der Waals surface area (Å²) in [7, 11) is -4.29. The molecule has 1 N–H and O–H groups in total. The molecule has 0 aliphatic carbocycles. The predicted molar refractivity (Wildman–Crippen MR) is 166 cm³/mol. The van der Waals surface area contributed by atoms with Crippen LogP contribution in [0.2, 0.25) is 0 Å². The van der Waals surface area contributed by atoms with Crippen molar-refractivity contribution in [1.82, 2.24) is 10.2 Å². The molecule has 7 nitrogen and oxygen atoms in total. The number of para-hydroxylation sites is 1. The fourth-order valence-electron chi connectivity index (χ4n) is 4.64. The van der Waals surface area contributed by atoms with E-state index in [1.165, 1.54) is 17.0 Å². The zero-order chi connectivity index (χ0) is 31.0. The highest BCUT2D eigenvalue weighted by Crippen LogP contribution is 2.25. The van der Waals surface area contributed by atoms with E-state index < -0.39 is 39.9 Å². The van der Waals surface area contributed by atoms with Crippen LogP contribution in [0.25, 0.3) is 0 Å². The number of hydrogen-bond donors (Lipinski definition) is 1. The van der Waals surface area contributed by atoms with E-state index in [1.807, 2.05) is 81.4 Å². The van der Waals surface area contributed by atoms with E-state index in [9.17, 15) is 22.4 Å². The zero-order valence-electron chi connectivity index (χ0n) is 24.5. The first-order chi connectivity index (χ1) is 20.4. The average molecular weight is 602 g/mol. The van der Waals surface area contributed by atoms with Crippen molar-refractivity contribution in [3.63, 3.8) is 0 Å². The highest BCUT2D eigenvalue weighted by molar-refractivity contribution is 7.92. The van der Waals surface area contributed by atoms with Crippen LogP contribution in [0.15, 0.2) is 120 Å². The van der Waals surface area contributed by atoms with Crippen LogP contribution in [-0.2, 0) is 32.6 Å². The van der Waals surface area contributed by atoms with Gasteiger partial charge in [-0.15, -0.1) is 0 Å². The molecule has 0 spiro atoms. The molecule has 0 saturated heterocycles. The molecular formula is C34H36FN3O4S. The van der Waals surface area contributed by atoms with E-state index in [-0.39, 0.29) is 29.5 Å². The van der Waals surface area contributed by atoms with Crippen molar-refractivity contribution in [2.45, 2.75) is 50.2 Å². The van der Waals surface area contributed by atoms with Crippen LogP contribution in [0.4, 0.5) is 10.1 Å². The van der Waals surface area contributed by atoms with Gasteiger partial charge in [0.2, 0.25) is 11.8 Å². The number of rotatable bonds is 11. The van der Waals surface area contributed by atoms with Gasteiger partial charge >= 0.3 is 0 Å². The van der Waals surface area contributed by atoms with E-state index in [2.05, 4.69) is 5.32 Å². The molecule has 0 bridgehead atoms. The number of benzene rings is 4. The van der Waals surface area contributed by atoms with Gasteiger partial charge in [0.15, 0.2) is 0 Å². The lowest BCUT2D eigenvalue weighted by molar-refractivity contribution is -0.140. The van der Waals surface area contributed by atoms with E-state index >= 15 is 0 Å². The largest absolute Gasteiger partial charge is 0.350 e. The molecule has 9 heteroatoms. The van der Waals surface area contributed by atoms with E-state index in [0.29, 0.717) is 0 Å². The zero-order valence-corrected chi connectivity index (χ0v) is 25.3. The van der Waals surface area contributed by atoms with Crippen molar-refractivity contribution >= 4 is 27.5 Å². The maximum absolute atomic E-state index is 14.3. The second-order valence-electron chi connectivity index (χ2n) is 11.3. The summed E-state index contributed by atoms with van der Waals surface area (Å²) in [6.45, 7) is 5.08. The van der Waals surface area contributed by atoms with Crippen molar-refractivity contribution in [3.8, 4) is 0 Å². The quantitative estimate of drug-likeness (QED) is 0.243. The number of carbonyl (C=O) groups is 2. The molecule has 4 aromatic carbocycles. The summed E-state index contributed by atoms with van der Waals surface area (Å²) in [5.74, 6) is -1.50. The third kappa shape index (κ3) is 8.51. The highest BCUT2D eigenvalue weighted by atomic mass is 32.2. The molecule has 0 aromatic heterocycles. The van der Waals surface area contributed by atoms with Crippen LogP contribution in [0.1, 0.15) is 31.9 Å². The minimum absolute atomic E-state index is 0.0773. The van der Waals surface area contributed by atoms with Gasteiger partial charge in [0, 0.05) is 18.5 Å². The summed E-state index contributed by atoms with van der Waals surface area (Å²) in [6.07, 6.45) is 0.220. The van der Waals surface area contributed by atoms with Crippen LogP contribution in [0.3, 0.4) is 0 Å². The monoisotopic (exact) mass is 601 g/mol. The number of hydrogen-bond acceptors (Lipinski definition) is 4. The first-order valence-electron chi connectivity index (χ1n) is 14.0. The lowest BCUT2D eigenvalue weighted by atomic mass is 10.0. The van der Waals surface area contributed by atoms with Gasteiger partial charge in [-0.05, 0) is 68.3 Å². The van der Waals surface area contributed by atoms with Gasteiger partial charge in [-0.3, -0.25) is 13.9 Å². The van der Waals surface area contributed by atoms with Crippen molar-refractivity contribution in [2.24, 2.45) is 0 Å². The fourth-order valence-corrected chi connectivity index (χ4v) is 6.06. The molecule has 0 aliphatic heterocycles. The molecule has 0 radical (unpaired) electrons. The number of amides is 2. The Balaban J connectivity index is 1.78. The van der Waals surface area contributed by atoms with Crippen LogP contribution >= 0.6 is 0 Å². The minimum atomic E-state index is -4.29. The first-order valence-corrected chi connectivity index (χ1v) is 15.4. The van der Waals surface area contributed by atoms with Crippen LogP contribution in [0.5, 0.6) is 0 Å². The molecule has 1 atom stereocenters. The molecule has 0 aliphatic rings. The van der Waals surface area contributed by atoms with Crippen molar-refractivity contribution < 1.29 is 22.4 Å². The molecule has 4 rings (SSSR count). The lowest BCUT2D eigenvalue weighted by Crippen LogP contribution is -2.56. The molecule has 0 fully saturated rings. The van der Waals surface area contributed by atoms with Gasteiger partial charge in [-0.25, -0.2) is 12.8 Å². The molecule has 0 heterocycles. The molecular weight excluding hydrogens is 565 g/mol. The number of nitrogens with zero attached hydrogens (tertiary/aromatic N) is 2. The summed E-state index contributed by atoms with van der Waals surface area (Å²) < 4.78 is 42.5. The molecule has 0 saturated carbocycles. The van der Waals surface area contributed by atoms with Gasteiger partial charge in [-0.1, -0.05) is 78.9 Å². The Morgan fingerprint density at radius 1 is 0.767 bits per heavy atom. The van der Waals surface area contributed by atoms with Gasteiger partial charge in [0.25, 0.3) is 10.0 Å². The number of sulfonamides is 1. The van der Waals surface area contributed by atoms with Gasteiger partial charge in [0.05, 0.1) is 10.6 Å². The van der Waals surface area contributed by atoms with Crippen LogP contribution in [-0.4, -0.2) is 43.3 Å². The molecule has 43 heavy (non-hydrogen) atoms. The Morgan fingerprint density at radius 2 is 1.28 bits per heavy atom. The Hall–Kier alpha value is -4.50. The highest BCUT2D eigenvalue weighted by Gasteiger charge is 2.35. The van der Waals surface area contributed by atoms with Gasteiger partial charge in [-0.2, -0.15) is 0 Å². The fraction of sp³-hybridized carbons (Fsp3) is 0.235. The number of halogens is 1. The van der Waals surface area contributed by atoms with E-state index in [0.717, 1.165) is 27.6 Å². The third-order valence-corrected chi connectivity index (χ3v) is 8.48. The topological polar surface area (TPSA) is 86.8 Å². The summed E-state index contributed by atoms with van der Waals surface area (Å²) in [4.78, 5) is 29.5. The second-order valence-corrected chi connectivity index (χ2v) is 13.1. The number of anilines is 1. The van der Waals surface area contributed by atoms with E-state index in [1.54, 1.807) is 30.3 Å². The van der Waals surface area contributed by atoms with Crippen LogP contribution < -0.4 is 9.62 Å². The summed E-state index contributed by atoms with van der Waals surface area (Å²) in [6, 6.07) is 30.4. The SMILES string of the molecule is CC(C)(C)NC(=O)C(Cc1ccccc1)N(Cc1ccccc1)C(=O)CN(c1ccccc1)S(=O)(=O)c1ccc(F)cc1. The number of nitrogens with one attached hydrogen (secondary N) is 1. The van der Waals surface area contributed by atoms with Crippen LogP contribution in [0, 0.1) is 5.82 Å². The van der Waals surface area contributed by atoms with Crippen molar-refractivity contribution in [2.75, 3.05) is 10.8 Å². The third-order valence-electron chi connectivity index (χ3n) is 6.69. The summed E-state index contributed by atoms with van der Waals surface area (Å²) in [5, 5.41) is 3.01.